The van der Waals surface area contributed by atoms with Gasteiger partial charge in [0.05, 0.1) is 28.7 Å². The van der Waals surface area contributed by atoms with Crippen molar-refractivity contribution in [2.45, 2.75) is 19.4 Å². The van der Waals surface area contributed by atoms with Crippen LogP contribution in [0.5, 0.6) is 0 Å². The van der Waals surface area contributed by atoms with Crippen LogP contribution < -0.4 is 11.1 Å². The molecule has 1 aromatic heterocycles. The number of carbonyl (C=O) groups is 1. The summed E-state index contributed by atoms with van der Waals surface area (Å²) < 4.78 is 6.27. The van der Waals surface area contributed by atoms with E-state index in [2.05, 4.69) is 4.98 Å². The van der Waals surface area contributed by atoms with E-state index in [0.717, 1.165) is 0 Å². The molecule has 2 rings (SSSR count). The van der Waals surface area contributed by atoms with Crippen molar-refractivity contribution in [1.82, 2.24) is 9.55 Å². The van der Waals surface area contributed by atoms with Crippen molar-refractivity contribution in [3.63, 3.8) is 0 Å². The Morgan fingerprint density at radius 1 is 1.38 bits per heavy atom. The van der Waals surface area contributed by atoms with Gasteiger partial charge in [-0.3, -0.25) is 14.2 Å². The van der Waals surface area contributed by atoms with Gasteiger partial charge in [0.15, 0.2) is 0 Å². The molecule has 0 aliphatic rings. The van der Waals surface area contributed by atoms with Crippen LogP contribution in [0.1, 0.15) is 24.2 Å². The topological polar surface area (TPSA) is 101 Å². The predicted molar refractivity (Wildman–Crippen MR) is 77.0 cm³/mol. The number of fused-ring (bicyclic) bond motifs is 1. The molecule has 0 aliphatic carbocycles. The number of benzene rings is 1. The van der Waals surface area contributed by atoms with Gasteiger partial charge < -0.3 is 14.8 Å². The number of aromatic carboxylic acids is 1. The number of hydrogen-bond acceptors (Lipinski definition) is 4. The molecule has 0 saturated heterocycles. The van der Waals surface area contributed by atoms with E-state index in [4.69, 9.17) is 4.74 Å². The van der Waals surface area contributed by atoms with Gasteiger partial charge in [0.1, 0.15) is 0 Å². The molecule has 0 atom stereocenters. The highest BCUT2D eigenvalue weighted by molar-refractivity contribution is 6.00. The average Bonchev–Trinajstić information content (AvgIpc) is 2.38. The largest absolute Gasteiger partial charge is 0.478 e. The summed E-state index contributed by atoms with van der Waals surface area (Å²) in [6.07, 6.45) is 0. The second kappa shape index (κ2) is 5.17. The monoisotopic (exact) mass is 292 g/mol. The summed E-state index contributed by atoms with van der Waals surface area (Å²) in [6, 6.07) is 4.46. The number of nitrogens with one attached hydrogen (secondary N) is 1. The third-order valence-electron chi connectivity index (χ3n) is 3.24. The van der Waals surface area contributed by atoms with E-state index in [1.165, 1.54) is 23.8 Å². The van der Waals surface area contributed by atoms with Gasteiger partial charge in [0.25, 0.3) is 0 Å². The molecule has 7 nitrogen and oxygen atoms in total. The Balaban J connectivity index is 3.03. The van der Waals surface area contributed by atoms with Crippen molar-refractivity contribution in [3.05, 3.63) is 44.5 Å². The zero-order chi connectivity index (χ0) is 15.8. The smallest absolute Gasteiger partial charge is 0.337 e. The lowest BCUT2D eigenvalue weighted by Crippen LogP contribution is -2.47. The van der Waals surface area contributed by atoms with Gasteiger partial charge in [0.2, 0.25) is 0 Å². The summed E-state index contributed by atoms with van der Waals surface area (Å²) in [5.74, 6) is -1.17. The number of carboxylic acids is 1. The molecule has 0 unspecified atom stereocenters. The number of aromatic amines is 1. The maximum atomic E-state index is 12.2. The lowest BCUT2D eigenvalue weighted by atomic mass is 10.0. The van der Waals surface area contributed by atoms with Crippen molar-refractivity contribution in [3.8, 4) is 0 Å². The summed E-state index contributed by atoms with van der Waals surface area (Å²) in [7, 11) is 1.47. The third kappa shape index (κ3) is 2.47. The van der Waals surface area contributed by atoms with Gasteiger partial charge in [-0.15, -0.1) is 0 Å². The molecule has 0 fully saturated rings. The first-order valence-corrected chi connectivity index (χ1v) is 6.30. The Morgan fingerprint density at radius 3 is 2.62 bits per heavy atom. The number of para-hydroxylation sites is 1. The Morgan fingerprint density at radius 2 is 2.05 bits per heavy atom. The highest BCUT2D eigenvalue weighted by Crippen LogP contribution is 2.22. The number of rotatable bonds is 4. The first kappa shape index (κ1) is 15.0. The minimum Gasteiger partial charge on any atom is -0.478 e. The van der Waals surface area contributed by atoms with Crippen LogP contribution in [0.3, 0.4) is 0 Å². The van der Waals surface area contributed by atoms with E-state index in [1.807, 2.05) is 0 Å². The molecule has 21 heavy (non-hydrogen) atoms. The van der Waals surface area contributed by atoms with Crippen molar-refractivity contribution >= 4 is 17.0 Å². The molecule has 0 bridgehead atoms. The molecule has 0 saturated carbocycles. The number of nitrogens with zero attached hydrogens (tertiary/aromatic N) is 1. The van der Waals surface area contributed by atoms with E-state index in [0.29, 0.717) is 5.52 Å². The van der Waals surface area contributed by atoms with Gasteiger partial charge in [0, 0.05) is 7.11 Å². The molecule has 7 heteroatoms. The van der Waals surface area contributed by atoms with E-state index in [1.54, 1.807) is 19.9 Å². The quantitative estimate of drug-likeness (QED) is 0.810. The van der Waals surface area contributed by atoms with E-state index < -0.39 is 22.6 Å². The van der Waals surface area contributed by atoms with Crippen LogP contribution in [0.15, 0.2) is 27.8 Å². The van der Waals surface area contributed by atoms with Crippen molar-refractivity contribution < 1.29 is 14.6 Å². The summed E-state index contributed by atoms with van der Waals surface area (Å²) in [6.45, 7) is 3.56. The second-order valence-corrected chi connectivity index (χ2v) is 5.35. The normalized spacial score (nSPS) is 11.8. The van der Waals surface area contributed by atoms with Gasteiger partial charge in [-0.05, 0) is 26.0 Å². The van der Waals surface area contributed by atoms with Gasteiger partial charge in [-0.1, -0.05) is 6.07 Å². The summed E-state index contributed by atoms with van der Waals surface area (Å²) in [5, 5.41) is 9.32. The second-order valence-electron chi connectivity index (χ2n) is 5.35. The molecule has 0 aliphatic heterocycles. The Bertz CT molecular complexity index is 816. The number of ether oxygens (including phenoxy) is 1. The van der Waals surface area contributed by atoms with Crippen LogP contribution in [0.2, 0.25) is 0 Å². The molecule has 1 aromatic carbocycles. The number of methoxy groups -OCH3 is 1. The van der Waals surface area contributed by atoms with Crippen LogP contribution >= 0.6 is 0 Å². The lowest BCUT2D eigenvalue weighted by Gasteiger charge is -2.28. The average molecular weight is 292 g/mol. The fourth-order valence-electron chi connectivity index (χ4n) is 2.43. The van der Waals surface area contributed by atoms with Crippen molar-refractivity contribution in [2.75, 3.05) is 13.7 Å². The molecule has 0 spiro atoms. The molecule has 0 amide bonds. The van der Waals surface area contributed by atoms with Crippen LogP contribution in [0, 0.1) is 0 Å². The number of hydrogen-bond donors (Lipinski definition) is 2. The minimum atomic E-state index is -1.17. The van der Waals surface area contributed by atoms with E-state index in [9.17, 15) is 19.5 Å². The molecule has 112 valence electrons. The molecular weight excluding hydrogens is 276 g/mol. The number of carboxylic acid groups (broad SMARTS) is 1. The van der Waals surface area contributed by atoms with Crippen LogP contribution in [-0.2, 0) is 10.3 Å². The number of H-pyrrole nitrogens is 1. The standard InChI is InChI=1S/C14H16N2O5/c1-14(2,7-21-3)16-10-8(13(19)20)5-4-6-9(10)15-11(17)12(16)18/h4-6H,7H2,1-3H3,(H,15,17)(H,19,20). The summed E-state index contributed by atoms with van der Waals surface area (Å²) in [5.41, 5.74) is -2.05. The Labute approximate surface area is 119 Å². The summed E-state index contributed by atoms with van der Waals surface area (Å²) >= 11 is 0. The van der Waals surface area contributed by atoms with Gasteiger partial charge >= 0.3 is 17.1 Å². The Kier molecular flexibility index (Phi) is 3.69. The van der Waals surface area contributed by atoms with Crippen molar-refractivity contribution in [1.29, 1.82) is 0 Å². The molecule has 1 heterocycles. The van der Waals surface area contributed by atoms with Gasteiger partial charge in [-0.25, -0.2) is 4.79 Å². The maximum absolute atomic E-state index is 12.2. The molecular formula is C14H16N2O5. The predicted octanol–water partition coefficient (Wildman–Crippen LogP) is 0.770. The maximum Gasteiger partial charge on any atom is 0.337 e. The fraction of sp³-hybridized carbons (Fsp3) is 0.357. The third-order valence-corrected chi connectivity index (χ3v) is 3.24. The van der Waals surface area contributed by atoms with E-state index >= 15 is 0 Å². The SMILES string of the molecule is COCC(C)(C)n1c(=O)c(=O)[nH]c2cccc(C(=O)O)c21. The van der Waals surface area contributed by atoms with Crippen molar-refractivity contribution in [2.24, 2.45) is 0 Å². The minimum absolute atomic E-state index is 0.0509. The van der Waals surface area contributed by atoms with Crippen LogP contribution in [-0.4, -0.2) is 34.3 Å². The molecule has 2 aromatic rings. The highest BCUT2D eigenvalue weighted by atomic mass is 16.5. The van der Waals surface area contributed by atoms with E-state index in [-0.39, 0.29) is 17.7 Å². The molecule has 2 N–H and O–H groups in total. The zero-order valence-electron chi connectivity index (χ0n) is 12.0. The van der Waals surface area contributed by atoms with Crippen LogP contribution in [0.25, 0.3) is 11.0 Å². The molecule has 0 radical (unpaired) electrons. The van der Waals surface area contributed by atoms with Gasteiger partial charge in [-0.2, -0.15) is 0 Å². The summed E-state index contributed by atoms with van der Waals surface area (Å²) in [4.78, 5) is 37.9. The highest BCUT2D eigenvalue weighted by Gasteiger charge is 2.27. The first-order valence-electron chi connectivity index (χ1n) is 6.30. The fourth-order valence-corrected chi connectivity index (χ4v) is 2.43. The number of aromatic nitrogens is 2. The first-order chi connectivity index (χ1) is 9.79. The zero-order valence-corrected chi connectivity index (χ0v) is 12.0. The Hall–Kier alpha value is -2.41. The van der Waals surface area contributed by atoms with Crippen LogP contribution in [0.4, 0.5) is 0 Å². The lowest BCUT2D eigenvalue weighted by molar-refractivity contribution is 0.0697.